The van der Waals surface area contributed by atoms with Crippen LogP contribution in [0.1, 0.15) is 22.1 Å². The smallest absolute Gasteiger partial charge is 0.352 e. The summed E-state index contributed by atoms with van der Waals surface area (Å²) in [5, 5.41) is 28.0. The van der Waals surface area contributed by atoms with Crippen LogP contribution in [0.4, 0.5) is 0 Å². The number of hydrogen-bond acceptors (Lipinski definition) is 4. The number of phenolic OH excluding ortho intramolecular Hbond substituents is 1. The Hall–Kier alpha value is -3.48. The number of methoxy groups -OCH3 is 1. The summed E-state index contributed by atoms with van der Waals surface area (Å²) in [6.45, 7) is 0. The normalized spacial score (nSPS) is 12.0. The molecule has 0 spiro atoms. The van der Waals surface area contributed by atoms with Crippen LogP contribution < -0.4 is 10.5 Å². The first-order valence-corrected chi connectivity index (χ1v) is 7.48. The maximum atomic E-state index is 11.8. The van der Waals surface area contributed by atoms with Crippen LogP contribution in [0, 0.1) is 5.41 Å². The van der Waals surface area contributed by atoms with Crippen molar-refractivity contribution in [3.8, 4) is 11.5 Å². The van der Waals surface area contributed by atoms with E-state index in [4.69, 9.17) is 15.9 Å². The maximum absolute atomic E-state index is 11.8. The van der Waals surface area contributed by atoms with Crippen molar-refractivity contribution in [3.63, 3.8) is 0 Å². The van der Waals surface area contributed by atoms with Crippen LogP contribution in [0.15, 0.2) is 48.5 Å². The fraction of sp³-hybridized carbons (Fsp3) is 0.111. The molecule has 0 fully saturated rings. The van der Waals surface area contributed by atoms with Crippen molar-refractivity contribution in [2.45, 2.75) is 6.04 Å². The van der Waals surface area contributed by atoms with E-state index in [-0.39, 0.29) is 17.3 Å². The zero-order chi connectivity index (χ0) is 18.1. The Morgan fingerprint density at radius 1 is 1.24 bits per heavy atom. The molecule has 1 heterocycles. The molecule has 128 valence electrons. The first-order chi connectivity index (χ1) is 11.9. The van der Waals surface area contributed by atoms with E-state index in [2.05, 4.69) is 0 Å². The van der Waals surface area contributed by atoms with Crippen molar-refractivity contribution in [1.29, 1.82) is 5.41 Å². The summed E-state index contributed by atoms with van der Waals surface area (Å²) in [5.74, 6) is -0.857. The molecule has 0 amide bonds. The number of aromatic nitrogens is 1. The number of aromatic hydroxyl groups is 1. The van der Waals surface area contributed by atoms with E-state index in [9.17, 15) is 15.0 Å². The second-order valence-electron chi connectivity index (χ2n) is 5.55. The van der Waals surface area contributed by atoms with Gasteiger partial charge >= 0.3 is 5.97 Å². The first kappa shape index (κ1) is 16.4. The van der Waals surface area contributed by atoms with Gasteiger partial charge in [0, 0.05) is 5.39 Å². The number of hydrogen-bond donors (Lipinski definition) is 4. The van der Waals surface area contributed by atoms with Gasteiger partial charge in [0.1, 0.15) is 29.1 Å². The van der Waals surface area contributed by atoms with Crippen molar-refractivity contribution in [1.82, 2.24) is 4.57 Å². The highest BCUT2D eigenvalue weighted by molar-refractivity contribution is 5.99. The molecule has 0 aliphatic carbocycles. The van der Waals surface area contributed by atoms with Crippen LogP contribution in [0.25, 0.3) is 10.9 Å². The van der Waals surface area contributed by atoms with Crippen LogP contribution in [0.2, 0.25) is 0 Å². The molecule has 3 aromatic rings. The van der Waals surface area contributed by atoms with Gasteiger partial charge in [-0.05, 0) is 35.9 Å². The van der Waals surface area contributed by atoms with E-state index in [1.54, 1.807) is 30.3 Å². The highest BCUT2D eigenvalue weighted by atomic mass is 16.5. The first-order valence-electron chi connectivity index (χ1n) is 7.48. The molecule has 7 nitrogen and oxygen atoms in total. The number of nitrogens with two attached hydrogens (primary N) is 1. The average molecular weight is 339 g/mol. The minimum atomic E-state index is -1.15. The van der Waals surface area contributed by atoms with Gasteiger partial charge in [-0.25, -0.2) is 4.79 Å². The molecule has 0 aliphatic heterocycles. The molecule has 3 rings (SSSR count). The second-order valence-corrected chi connectivity index (χ2v) is 5.55. The molecular weight excluding hydrogens is 322 g/mol. The summed E-state index contributed by atoms with van der Waals surface area (Å²) >= 11 is 0. The van der Waals surface area contributed by atoms with Gasteiger partial charge in [-0.3, -0.25) is 5.41 Å². The summed E-state index contributed by atoms with van der Waals surface area (Å²) in [4.78, 5) is 11.8. The fourth-order valence-corrected chi connectivity index (χ4v) is 3.01. The number of amidine groups is 1. The molecule has 1 atom stereocenters. The van der Waals surface area contributed by atoms with Crippen LogP contribution in [-0.2, 0) is 0 Å². The number of phenols is 1. The molecule has 1 unspecified atom stereocenters. The predicted octanol–water partition coefficient (Wildman–Crippen LogP) is 2.58. The number of ether oxygens (including phenoxy) is 1. The summed E-state index contributed by atoms with van der Waals surface area (Å²) in [5.41, 5.74) is 6.85. The summed E-state index contributed by atoms with van der Waals surface area (Å²) in [6.07, 6.45) is 0. The fourth-order valence-electron chi connectivity index (χ4n) is 3.01. The minimum absolute atomic E-state index is 0.00895. The van der Waals surface area contributed by atoms with E-state index in [0.717, 1.165) is 0 Å². The van der Waals surface area contributed by atoms with E-state index in [1.165, 1.54) is 29.9 Å². The number of benzene rings is 2. The number of aromatic carboxylic acids is 1. The number of carboxylic acid groups (broad SMARTS) is 1. The largest absolute Gasteiger partial charge is 0.508 e. The van der Waals surface area contributed by atoms with Gasteiger partial charge in [0.15, 0.2) is 0 Å². The second kappa shape index (κ2) is 6.20. The molecule has 0 radical (unpaired) electrons. The highest BCUT2D eigenvalue weighted by Gasteiger charge is 2.26. The van der Waals surface area contributed by atoms with Gasteiger partial charge < -0.3 is 25.3 Å². The minimum Gasteiger partial charge on any atom is -0.508 e. The quantitative estimate of drug-likeness (QED) is 0.420. The Labute approximate surface area is 143 Å². The highest BCUT2D eigenvalue weighted by Crippen LogP contribution is 2.34. The Bertz CT molecular complexity index is 978. The van der Waals surface area contributed by atoms with Crippen molar-refractivity contribution < 1.29 is 19.7 Å². The third-order valence-corrected chi connectivity index (χ3v) is 4.02. The van der Waals surface area contributed by atoms with Crippen molar-refractivity contribution in [2.24, 2.45) is 5.73 Å². The molecule has 1 aromatic heterocycles. The third-order valence-electron chi connectivity index (χ3n) is 4.02. The van der Waals surface area contributed by atoms with Crippen molar-refractivity contribution in [3.05, 3.63) is 59.8 Å². The lowest BCUT2D eigenvalue weighted by atomic mass is 10.0. The maximum Gasteiger partial charge on any atom is 0.352 e. The van der Waals surface area contributed by atoms with Gasteiger partial charge in [-0.2, -0.15) is 0 Å². The van der Waals surface area contributed by atoms with E-state index < -0.39 is 12.0 Å². The average Bonchev–Trinajstić information content (AvgIpc) is 2.94. The van der Waals surface area contributed by atoms with E-state index in [0.29, 0.717) is 22.2 Å². The van der Waals surface area contributed by atoms with Crippen LogP contribution in [-0.4, -0.2) is 33.7 Å². The zero-order valence-electron chi connectivity index (χ0n) is 13.4. The van der Waals surface area contributed by atoms with Crippen LogP contribution >= 0.6 is 0 Å². The summed E-state index contributed by atoms with van der Waals surface area (Å²) < 4.78 is 6.78. The number of nitrogens with one attached hydrogen (secondary N) is 1. The van der Waals surface area contributed by atoms with Crippen molar-refractivity contribution >= 4 is 22.7 Å². The Morgan fingerprint density at radius 3 is 2.56 bits per heavy atom. The lowest BCUT2D eigenvalue weighted by molar-refractivity contribution is 0.0685. The number of carbonyl (C=O) groups is 1. The Morgan fingerprint density at radius 2 is 1.96 bits per heavy atom. The molecule has 25 heavy (non-hydrogen) atoms. The SMILES string of the molecule is COc1cccc2c1cc(C(=O)O)n2C(C(=N)N)c1cccc(O)c1. The van der Waals surface area contributed by atoms with E-state index in [1.807, 2.05) is 0 Å². The lowest BCUT2D eigenvalue weighted by Gasteiger charge is -2.21. The van der Waals surface area contributed by atoms with Crippen molar-refractivity contribution in [2.75, 3.05) is 7.11 Å². The molecule has 0 saturated carbocycles. The topological polar surface area (TPSA) is 122 Å². The summed E-state index contributed by atoms with van der Waals surface area (Å²) in [7, 11) is 1.50. The van der Waals surface area contributed by atoms with Crippen LogP contribution in [0.5, 0.6) is 11.5 Å². The Balaban J connectivity index is 2.36. The molecular formula is C18H17N3O4. The standard InChI is InChI=1S/C18H17N3O4/c1-25-15-7-3-6-13-12(15)9-14(18(23)24)21(13)16(17(19)20)10-4-2-5-11(22)8-10/h2-9,16,22H,1H3,(H3,19,20)(H,23,24). The third kappa shape index (κ3) is 2.76. The van der Waals surface area contributed by atoms with E-state index >= 15 is 0 Å². The molecule has 5 N–H and O–H groups in total. The molecule has 0 saturated heterocycles. The van der Waals surface area contributed by atoms with Gasteiger partial charge in [0.05, 0.1) is 12.6 Å². The van der Waals surface area contributed by atoms with Gasteiger partial charge in [0.2, 0.25) is 0 Å². The van der Waals surface area contributed by atoms with Gasteiger partial charge in [-0.1, -0.05) is 18.2 Å². The lowest BCUT2D eigenvalue weighted by Crippen LogP contribution is -2.29. The number of carboxylic acids is 1. The monoisotopic (exact) mass is 339 g/mol. The van der Waals surface area contributed by atoms with Gasteiger partial charge in [-0.15, -0.1) is 0 Å². The van der Waals surface area contributed by atoms with Gasteiger partial charge in [0.25, 0.3) is 0 Å². The Kier molecular flexibility index (Phi) is 4.06. The molecule has 0 aliphatic rings. The molecule has 0 bridgehead atoms. The number of fused-ring (bicyclic) bond motifs is 1. The number of rotatable bonds is 5. The van der Waals surface area contributed by atoms with Crippen LogP contribution in [0.3, 0.4) is 0 Å². The molecule has 7 heteroatoms. The molecule has 2 aromatic carbocycles. The zero-order valence-corrected chi connectivity index (χ0v) is 13.4. The predicted molar refractivity (Wildman–Crippen MR) is 93.6 cm³/mol. The number of nitrogens with zero attached hydrogens (tertiary/aromatic N) is 1. The summed E-state index contributed by atoms with van der Waals surface area (Å²) in [6, 6.07) is 12.1.